The predicted molar refractivity (Wildman–Crippen MR) is 97.3 cm³/mol. The van der Waals surface area contributed by atoms with Crippen molar-refractivity contribution in [2.24, 2.45) is 0 Å². The molecule has 140 valence electrons. The number of carbonyl (C=O) groups is 2. The van der Waals surface area contributed by atoms with Crippen molar-refractivity contribution in [3.05, 3.63) is 57.8 Å². The fraction of sp³-hybridized carbons (Fsp3) is 0.368. The first-order valence-corrected chi connectivity index (χ1v) is 8.98. The Balaban J connectivity index is 1.48. The third-order valence-corrected chi connectivity index (χ3v) is 4.89. The van der Waals surface area contributed by atoms with Gasteiger partial charge in [0.1, 0.15) is 11.8 Å². The molecule has 27 heavy (non-hydrogen) atoms. The van der Waals surface area contributed by atoms with Crippen molar-refractivity contribution in [2.75, 3.05) is 18.5 Å². The molecule has 2 amide bonds. The Hall–Kier alpha value is -3.00. The quantitative estimate of drug-likeness (QED) is 0.844. The number of carbonyl (C=O) groups excluding carboxylic acids is 2. The maximum atomic E-state index is 12.6. The predicted octanol–water partition coefficient (Wildman–Crippen LogP) is 1.09. The molecule has 1 aromatic heterocycles. The second-order valence-electron chi connectivity index (χ2n) is 6.75. The molecule has 3 heterocycles. The summed E-state index contributed by atoms with van der Waals surface area (Å²) in [4.78, 5) is 44.0. The van der Waals surface area contributed by atoms with Crippen LogP contribution in [0.3, 0.4) is 0 Å². The van der Waals surface area contributed by atoms with Crippen LogP contribution in [0.4, 0.5) is 5.69 Å². The van der Waals surface area contributed by atoms with Gasteiger partial charge in [-0.1, -0.05) is 6.07 Å². The molecular formula is C19H20N4O4. The topological polar surface area (TPSA) is 104 Å². The van der Waals surface area contributed by atoms with Gasteiger partial charge in [0.2, 0.25) is 0 Å². The number of rotatable bonds is 3. The number of nitrogens with one attached hydrogen (secondary N) is 2. The number of anilines is 1. The van der Waals surface area contributed by atoms with Crippen molar-refractivity contribution in [3.63, 3.8) is 0 Å². The van der Waals surface area contributed by atoms with Crippen molar-refractivity contribution in [1.82, 2.24) is 14.9 Å². The smallest absolute Gasteiger partial charge is 0.274 e. The Morgan fingerprint density at radius 3 is 2.93 bits per heavy atom. The molecule has 1 unspecified atom stereocenters. The molecular weight excluding hydrogens is 348 g/mol. The summed E-state index contributed by atoms with van der Waals surface area (Å²) in [6, 6.07) is 5.77. The molecule has 2 N–H and O–H groups in total. The SMILES string of the molecule is O=C(Nc1ccc2c(c1)CN(C(=O)c1c[nH]c(=O)cn1)CC2)C1CCCO1. The van der Waals surface area contributed by atoms with Crippen LogP contribution in [0.2, 0.25) is 0 Å². The highest BCUT2D eigenvalue weighted by Gasteiger charge is 2.25. The average Bonchev–Trinajstić information content (AvgIpc) is 3.22. The van der Waals surface area contributed by atoms with E-state index < -0.39 is 0 Å². The van der Waals surface area contributed by atoms with Gasteiger partial charge in [-0.2, -0.15) is 0 Å². The minimum Gasteiger partial charge on any atom is -0.368 e. The highest BCUT2D eigenvalue weighted by molar-refractivity contribution is 5.94. The van der Waals surface area contributed by atoms with E-state index in [0.29, 0.717) is 25.4 Å². The van der Waals surface area contributed by atoms with Gasteiger partial charge < -0.3 is 19.9 Å². The normalized spacial score (nSPS) is 18.8. The zero-order valence-corrected chi connectivity index (χ0v) is 14.7. The largest absolute Gasteiger partial charge is 0.368 e. The standard InChI is InChI=1S/C19H20N4O4/c24-17-10-20-15(9-21-17)19(26)23-6-5-12-3-4-14(8-13(12)11-23)22-18(25)16-2-1-7-27-16/h3-4,8-10,16H,1-2,5-7,11H2,(H,21,24)(H,22,25). The molecule has 1 saturated heterocycles. The fourth-order valence-electron chi connectivity index (χ4n) is 3.44. The van der Waals surface area contributed by atoms with Gasteiger partial charge in [-0.3, -0.25) is 14.4 Å². The van der Waals surface area contributed by atoms with Crippen LogP contribution in [0, 0.1) is 0 Å². The van der Waals surface area contributed by atoms with Crippen molar-refractivity contribution in [2.45, 2.75) is 31.9 Å². The van der Waals surface area contributed by atoms with E-state index in [4.69, 9.17) is 4.74 Å². The van der Waals surface area contributed by atoms with Crippen molar-refractivity contribution >= 4 is 17.5 Å². The number of amides is 2. The number of nitrogens with zero attached hydrogens (tertiary/aromatic N) is 2. The molecule has 8 heteroatoms. The van der Waals surface area contributed by atoms with Crippen LogP contribution < -0.4 is 10.9 Å². The summed E-state index contributed by atoms with van der Waals surface area (Å²) >= 11 is 0. The molecule has 8 nitrogen and oxygen atoms in total. The minimum atomic E-state index is -0.384. The number of H-pyrrole nitrogens is 1. The average molecular weight is 368 g/mol. The molecule has 0 saturated carbocycles. The van der Waals surface area contributed by atoms with Gasteiger partial charge in [-0.25, -0.2) is 4.98 Å². The van der Waals surface area contributed by atoms with E-state index in [1.54, 1.807) is 4.90 Å². The molecule has 2 aromatic rings. The zero-order chi connectivity index (χ0) is 18.8. The number of aromatic amines is 1. The molecule has 0 aliphatic carbocycles. The van der Waals surface area contributed by atoms with E-state index >= 15 is 0 Å². The van der Waals surface area contributed by atoms with E-state index in [1.807, 2.05) is 18.2 Å². The van der Waals surface area contributed by atoms with Gasteiger partial charge in [0.25, 0.3) is 17.4 Å². The molecule has 2 aliphatic rings. The lowest BCUT2D eigenvalue weighted by Gasteiger charge is -2.29. The lowest BCUT2D eigenvalue weighted by molar-refractivity contribution is -0.124. The Bertz CT molecular complexity index is 913. The first kappa shape index (κ1) is 17.4. The lowest BCUT2D eigenvalue weighted by atomic mass is 9.98. The summed E-state index contributed by atoms with van der Waals surface area (Å²) in [5, 5.41) is 2.90. The molecule has 4 rings (SSSR count). The number of hydrogen-bond acceptors (Lipinski definition) is 5. The molecule has 1 fully saturated rings. The second-order valence-corrected chi connectivity index (χ2v) is 6.75. The van der Waals surface area contributed by atoms with Crippen LogP contribution in [-0.4, -0.2) is 45.9 Å². The molecule has 1 atom stereocenters. The molecule has 0 spiro atoms. The minimum absolute atomic E-state index is 0.131. The number of aromatic nitrogens is 2. The monoisotopic (exact) mass is 368 g/mol. The number of hydrogen-bond donors (Lipinski definition) is 2. The maximum Gasteiger partial charge on any atom is 0.274 e. The van der Waals surface area contributed by atoms with Crippen molar-refractivity contribution < 1.29 is 14.3 Å². The van der Waals surface area contributed by atoms with Gasteiger partial charge in [0, 0.05) is 31.6 Å². The first-order valence-electron chi connectivity index (χ1n) is 8.98. The summed E-state index contributed by atoms with van der Waals surface area (Å²) in [5.74, 6) is -0.362. The van der Waals surface area contributed by atoms with Crippen LogP contribution in [0.25, 0.3) is 0 Å². The van der Waals surface area contributed by atoms with Crippen LogP contribution >= 0.6 is 0 Å². The Kier molecular flexibility index (Phi) is 4.72. The maximum absolute atomic E-state index is 12.6. The van der Waals surface area contributed by atoms with Gasteiger partial charge in [0.15, 0.2) is 0 Å². The molecule has 0 radical (unpaired) electrons. The lowest BCUT2D eigenvalue weighted by Crippen LogP contribution is -2.36. The van der Waals surface area contributed by atoms with E-state index in [2.05, 4.69) is 15.3 Å². The molecule has 1 aromatic carbocycles. The van der Waals surface area contributed by atoms with Gasteiger partial charge in [-0.05, 0) is 42.5 Å². The molecule has 0 bridgehead atoms. The van der Waals surface area contributed by atoms with E-state index in [-0.39, 0.29) is 29.2 Å². The number of benzene rings is 1. The van der Waals surface area contributed by atoms with Gasteiger partial charge in [-0.15, -0.1) is 0 Å². The third-order valence-electron chi connectivity index (χ3n) is 4.89. The highest BCUT2D eigenvalue weighted by Crippen LogP contribution is 2.24. The Morgan fingerprint density at radius 2 is 2.19 bits per heavy atom. The van der Waals surface area contributed by atoms with Crippen LogP contribution in [0.1, 0.15) is 34.5 Å². The third kappa shape index (κ3) is 3.75. The number of ether oxygens (including phenoxy) is 1. The molecule has 2 aliphatic heterocycles. The van der Waals surface area contributed by atoms with Crippen molar-refractivity contribution in [1.29, 1.82) is 0 Å². The number of fused-ring (bicyclic) bond motifs is 1. The summed E-state index contributed by atoms with van der Waals surface area (Å²) in [7, 11) is 0. The van der Waals surface area contributed by atoms with Crippen LogP contribution in [0.15, 0.2) is 35.4 Å². The van der Waals surface area contributed by atoms with E-state index in [0.717, 1.165) is 36.6 Å². The highest BCUT2D eigenvalue weighted by atomic mass is 16.5. The Morgan fingerprint density at radius 1 is 1.30 bits per heavy atom. The zero-order valence-electron chi connectivity index (χ0n) is 14.7. The van der Waals surface area contributed by atoms with Gasteiger partial charge >= 0.3 is 0 Å². The van der Waals surface area contributed by atoms with Crippen molar-refractivity contribution in [3.8, 4) is 0 Å². The first-order chi connectivity index (χ1) is 13.1. The summed E-state index contributed by atoms with van der Waals surface area (Å²) in [5.41, 5.74) is 2.71. The van der Waals surface area contributed by atoms with Gasteiger partial charge in [0.05, 0.1) is 6.20 Å². The Labute approximate surface area is 155 Å². The fourth-order valence-corrected chi connectivity index (χ4v) is 3.44. The van der Waals surface area contributed by atoms with Crippen LogP contribution in [-0.2, 0) is 22.5 Å². The summed E-state index contributed by atoms with van der Waals surface area (Å²) in [6.07, 6.45) is 4.42. The summed E-state index contributed by atoms with van der Waals surface area (Å²) in [6.45, 7) is 1.63. The second kappa shape index (κ2) is 7.32. The van der Waals surface area contributed by atoms with E-state index in [9.17, 15) is 14.4 Å². The summed E-state index contributed by atoms with van der Waals surface area (Å²) < 4.78 is 5.41. The van der Waals surface area contributed by atoms with E-state index in [1.165, 1.54) is 6.20 Å². The van der Waals surface area contributed by atoms with Crippen LogP contribution in [0.5, 0.6) is 0 Å².